The predicted molar refractivity (Wildman–Crippen MR) is 85.8 cm³/mol. The maximum atomic E-state index is 12.5. The van der Waals surface area contributed by atoms with Gasteiger partial charge in [0.1, 0.15) is 0 Å². The van der Waals surface area contributed by atoms with Crippen molar-refractivity contribution in [1.29, 1.82) is 0 Å². The van der Waals surface area contributed by atoms with Crippen LogP contribution in [0.3, 0.4) is 0 Å². The van der Waals surface area contributed by atoms with Crippen molar-refractivity contribution in [1.82, 2.24) is 15.2 Å². The second-order valence-corrected chi connectivity index (χ2v) is 6.30. The fraction of sp³-hybridized carbons (Fsp3) is 0.375. The summed E-state index contributed by atoms with van der Waals surface area (Å²) in [5.74, 6) is 0. The molecule has 1 aliphatic heterocycles. The fourth-order valence-corrected chi connectivity index (χ4v) is 3.56. The van der Waals surface area contributed by atoms with E-state index >= 15 is 0 Å². The van der Waals surface area contributed by atoms with Crippen molar-refractivity contribution in [3.8, 4) is 0 Å². The van der Waals surface area contributed by atoms with Crippen LogP contribution in [0.4, 0.5) is 4.79 Å². The van der Waals surface area contributed by atoms with Gasteiger partial charge in [-0.05, 0) is 24.5 Å². The smallest absolute Gasteiger partial charge is 0.318 e. The number of amides is 2. The molecule has 6 heteroatoms. The second kappa shape index (κ2) is 6.46. The van der Waals surface area contributed by atoms with Crippen LogP contribution in [0.1, 0.15) is 27.7 Å². The van der Waals surface area contributed by atoms with Gasteiger partial charge in [-0.2, -0.15) is 0 Å². The SMILES string of the molecule is Cc1ncsc1CNC(=O)N1CCc2ccccc2C1CO. The molecule has 3 rings (SSSR count). The van der Waals surface area contributed by atoms with E-state index in [1.54, 1.807) is 10.4 Å². The van der Waals surface area contributed by atoms with Gasteiger partial charge in [-0.15, -0.1) is 11.3 Å². The highest BCUT2D eigenvalue weighted by Gasteiger charge is 2.29. The number of carbonyl (C=O) groups is 1. The van der Waals surface area contributed by atoms with Gasteiger partial charge in [0, 0.05) is 11.4 Å². The van der Waals surface area contributed by atoms with Crippen molar-refractivity contribution >= 4 is 17.4 Å². The molecule has 116 valence electrons. The van der Waals surface area contributed by atoms with Crippen molar-refractivity contribution in [2.45, 2.75) is 25.9 Å². The Bertz CT molecular complexity index is 671. The molecule has 2 N–H and O–H groups in total. The van der Waals surface area contributed by atoms with E-state index < -0.39 is 0 Å². The number of carbonyl (C=O) groups excluding carboxylic acids is 1. The summed E-state index contributed by atoms with van der Waals surface area (Å²) < 4.78 is 0. The number of rotatable bonds is 3. The molecule has 1 aromatic carbocycles. The van der Waals surface area contributed by atoms with Crippen molar-refractivity contribution in [2.24, 2.45) is 0 Å². The molecule has 0 bridgehead atoms. The molecule has 1 aromatic heterocycles. The van der Waals surface area contributed by atoms with Crippen LogP contribution in [-0.4, -0.2) is 34.2 Å². The number of hydrogen-bond donors (Lipinski definition) is 2. The van der Waals surface area contributed by atoms with Gasteiger partial charge in [0.25, 0.3) is 0 Å². The van der Waals surface area contributed by atoms with Crippen LogP contribution in [0.15, 0.2) is 29.8 Å². The summed E-state index contributed by atoms with van der Waals surface area (Å²) in [5.41, 5.74) is 4.99. The zero-order valence-electron chi connectivity index (χ0n) is 12.5. The van der Waals surface area contributed by atoms with E-state index in [1.807, 2.05) is 25.1 Å². The molecule has 0 saturated heterocycles. The lowest BCUT2D eigenvalue weighted by Gasteiger charge is -2.36. The summed E-state index contributed by atoms with van der Waals surface area (Å²) in [6.07, 6.45) is 0.819. The maximum absolute atomic E-state index is 12.5. The van der Waals surface area contributed by atoms with Gasteiger partial charge in [-0.25, -0.2) is 9.78 Å². The van der Waals surface area contributed by atoms with Crippen molar-refractivity contribution in [2.75, 3.05) is 13.2 Å². The van der Waals surface area contributed by atoms with Gasteiger partial charge >= 0.3 is 6.03 Å². The highest BCUT2D eigenvalue weighted by molar-refractivity contribution is 7.09. The molecule has 2 amide bonds. The first-order valence-electron chi connectivity index (χ1n) is 7.32. The number of benzene rings is 1. The quantitative estimate of drug-likeness (QED) is 0.912. The Hall–Kier alpha value is -1.92. The maximum Gasteiger partial charge on any atom is 0.318 e. The van der Waals surface area contributed by atoms with Crippen LogP contribution in [0.2, 0.25) is 0 Å². The third kappa shape index (κ3) is 2.84. The lowest BCUT2D eigenvalue weighted by Crippen LogP contribution is -2.46. The third-order valence-corrected chi connectivity index (χ3v) is 5.03. The summed E-state index contributed by atoms with van der Waals surface area (Å²) in [6, 6.07) is 7.59. The van der Waals surface area contributed by atoms with Gasteiger partial charge in [0.05, 0.1) is 30.4 Å². The van der Waals surface area contributed by atoms with Gasteiger partial charge in [0.15, 0.2) is 0 Å². The van der Waals surface area contributed by atoms with Crippen LogP contribution in [0, 0.1) is 6.92 Å². The zero-order chi connectivity index (χ0) is 15.5. The normalized spacial score (nSPS) is 17.2. The fourth-order valence-electron chi connectivity index (χ4n) is 2.84. The van der Waals surface area contributed by atoms with Crippen molar-refractivity contribution < 1.29 is 9.90 Å². The molecule has 0 spiro atoms. The van der Waals surface area contributed by atoms with E-state index in [1.165, 1.54) is 16.9 Å². The molecule has 2 aromatic rings. The first kappa shape index (κ1) is 15.0. The van der Waals surface area contributed by atoms with Crippen LogP contribution < -0.4 is 5.32 Å². The van der Waals surface area contributed by atoms with E-state index in [9.17, 15) is 9.90 Å². The predicted octanol–water partition coefficient (Wildman–Crippen LogP) is 2.25. The molecular formula is C16H19N3O2S. The molecule has 2 heterocycles. The number of urea groups is 1. The van der Waals surface area contributed by atoms with Crippen LogP contribution in [-0.2, 0) is 13.0 Å². The van der Waals surface area contributed by atoms with Crippen molar-refractivity contribution in [3.05, 3.63) is 51.5 Å². The minimum Gasteiger partial charge on any atom is -0.394 e. The summed E-state index contributed by atoms with van der Waals surface area (Å²) >= 11 is 1.54. The summed E-state index contributed by atoms with van der Waals surface area (Å²) in [6.45, 7) is 2.97. The van der Waals surface area contributed by atoms with E-state index in [2.05, 4.69) is 16.4 Å². The van der Waals surface area contributed by atoms with Gasteiger partial charge in [-0.1, -0.05) is 24.3 Å². The first-order valence-corrected chi connectivity index (χ1v) is 8.20. The van der Waals surface area contributed by atoms with Gasteiger partial charge in [-0.3, -0.25) is 0 Å². The Labute approximate surface area is 133 Å². The summed E-state index contributed by atoms with van der Waals surface area (Å²) in [4.78, 5) is 19.4. The largest absolute Gasteiger partial charge is 0.394 e. The lowest BCUT2D eigenvalue weighted by atomic mass is 9.93. The van der Waals surface area contributed by atoms with Crippen LogP contribution in [0.25, 0.3) is 0 Å². The first-order chi connectivity index (χ1) is 10.7. The minimum atomic E-state index is -0.271. The number of fused-ring (bicyclic) bond motifs is 1. The Morgan fingerprint density at radius 3 is 3.05 bits per heavy atom. The molecule has 0 saturated carbocycles. The Morgan fingerprint density at radius 1 is 1.50 bits per heavy atom. The monoisotopic (exact) mass is 317 g/mol. The Balaban J connectivity index is 1.71. The van der Waals surface area contributed by atoms with E-state index in [4.69, 9.17) is 0 Å². The summed E-state index contributed by atoms with van der Waals surface area (Å²) in [5, 5.41) is 12.7. The Morgan fingerprint density at radius 2 is 2.32 bits per heavy atom. The number of aliphatic hydroxyl groups excluding tert-OH is 1. The van der Waals surface area contributed by atoms with E-state index in [0.717, 1.165) is 22.6 Å². The number of aliphatic hydroxyl groups is 1. The molecule has 22 heavy (non-hydrogen) atoms. The molecule has 1 atom stereocenters. The highest BCUT2D eigenvalue weighted by atomic mass is 32.1. The Kier molecular flexibility index (Phi) is 4.40. The van der Waals surface area contributed by atoms with Gasteiger partial charge < -0.3 is 15.3 Å². The average Bonchev–Trinajstić information content (AvgIpc) is 2.96. The van der Waals surface area contributed by atoms with Crippen LogP contribution in [0.5, 0.6) is 0 Å². The number of hydrogen-bond acceptors (Lipinski definition) is 4. The van der Waals surface area contributed by atoms with E-state index in [-0.39, 0.29) is 18.7 Å². The molecule has 5 nitrogen and oxygen atoms in total. The molecule has 0 aliphatic carbocycles. The number of thiazole rings is 1. The topological polar surface area (TPSA) is 65.5 Å². The standard InChI is InChI=1S/C16H19N3O2S/c1-11-15(22-10-18-11)8-17-16(21)19-7-6-12-4-2-3-5-13(12)14(19)9-20/h2-5,10,14,20H,6-9H2,1H3,(H,17,21). The molecule has 1 aliphatic rings. The zero-order valence-corrected chi connectivity index (χ0v) is 13.3. The molecular weight excluding hydrogens is 298 g/mol. The number of aryl methyl sites for hydroxylation is 1. The summed E-state index contributed by atoms with van der Waals surface area (Å²) in [7, 11) is 0. The molecule has 1 unspecified atom stereocenters. The second-order valence-electron chi connectivity index (χ2n) is 5.36. The highest BCUT2D eigenvalue weighted by Crippen LogP contribution is 2.29. The number of nitrogens with one attached hydrogen (secondary N) is 1. The van der Waals surface area contributed by atoms with E-state index in [0.29, 0.717) is 13.1 Å². The minimum absolute atomic E-state index is 0.0655. The van der Waals surface area contributed by atoms with Crippen molar-refractivity contribution in [3.63, 3.8) is 0 Å². The average molecular weight is 317 g/mol. The van der Waals surface area contributed by atoms with Gasteiger partial charge in [0.2, 0.25) is 0 Å². The number of aromatic nitrogens is 1. The number of nitrogens with zero attached hydrogens (tertiary/aromatic N) is 2. The third-order valence-electron chi connectivity index (χ3n) is 4.09. The molecule has 0 fully saturated rings. The lowest BCUT2D eigenvalue weighted by molar-refractivity contribution is 0.127. The molecule has 0 radical (unpaired) electrons. The van der Waals surface area contributed by atoms with Crippen LogP contribution >= 0.6 is 11.3 Å².